The molecule has 0 saturated heterocycles. The number of ether oxygens (including phenoxy) is 1. The molecule has 0 unspecified atom stereocenters. The topological polar surface area (TPSA) is 84.0 Å². The number of nitrogens with zero attached hydrogens (tertiary/aromatic N) is 1. The van der Waals surface area contributed by atoms with E-state index < -0.39 is 0 Å². The van der Waals surface area contributed by atoms with Crippen molar-refractivity contribution in [3.8, 4) is 5.75 Å². The highest BCUT2D eigenvalue weighted by Crippen LogP contribution is 2.29. The Bertz CT molecular complexity index is 651. The molecule has 27 heavy (non-hydrogen) atoms. The van der Waals surface area contributed by atoms with E-state index in [0.717, 1.165) is 17.7 Å². The van der Waals surface area contributed by atoms with Gasteiger partial charge in [-0.25, -0.2) is 0 Å². The minimum Gasteiger partial charge on any atom is -0.497 e. The normalized spacial score (nSPS) is 22.1. The van der Waals surface area contributed by atoms with E-state index in [1.54, 1.807) is 7.11 Å². The lowest BCUT2D eigenvalue weighted by molar-refractivity contribution is -0.126. The molecule has 0 bridgehead atoms. The monoisotopic (exact) mass is 392 g/mol. The average molecular weight is 393 g/mol. The zero-order chi connectivity index (χ0) is 19.6. The number of carbonyl (C=O) groups is 1. The van der Waals surface area contributed by atoms with Gasteiger partial charge in [-0.3, -0.25) is 15.6 Å². The molecule has 0 aromatic heterocycles. The molecule has 0 aliphatic heterocycles. The van der Waals surface area contributed by atoms with Crippen molar-refractivity contribution in [1.29, 1.82) is 0 Å². The molecule has 1 aliphatic carbocycles. The second-order valence-electron chi connectivity index (χ2n) is 6.80. The van der Waals surface area contributed by atoms with Crippen molar-refractivity contribution in [2.75, 3.05) is 13.7 Å². The highest BCUT2D eigenvalue weighted by molar-refractivity contribution is 7.80. The Labute approximate surface area is 165 Å². The average Bonchev–Trinajstić information content (AvgIpc) is 2.67. The molecule has 2 rings (SSSR count). The summed E-state index contributed by atoms with van der Waals surface area (Å²) in [5.41, 5.74) is 6.06. The number of rotatable bonds is 6. The lowest BCUT2D eigenvalue weighted by Crippen LogP contribution is -2.53. The predicted molar refractivity (Wildman–Crippen MR) is 110 cm³/mol. The van der Waals surface area contributed by atoms with Crippen molar-refractivity contribution in [1.82, 2.24) is 16.2 Å². The van der Waals surface area contributed by atoms with Crippen molar-refractivity contribution in [2.45, 2.75) is 39.2 Å². The number of hydrogen-bond donors (Lipinski definition) is 3. The second kappa shape index (κ2) is 10.7. The fourth-order valence-electron chi connectivity index (χ4n) is 3.04. The first kappa shape index (κ1) is 21.0. The number of oxime groups is 1. The molecule has 148 valence electrons. The lowest BCUT2D eigenvalue weighted by atomic mass is 9.78. The second-order valence-corrected chi connectivity index (χ2v) is 7.21. The molecule has 3 atom stereocenters. The zero-order valence-corrected chi connectivity index (χ0v) is 16.8. The summed E-state index contributed by atoms with van der Waals surface area (Å²) in [6, 6.07) is 7.64. The van der Waals surface area contributed by atoms with Crippen molar-refractivity contribution < 1.29 is 14.4 Å². The molecule has 1 saturated carbocycles. The van der Waals surface area contributed by atoms with Crippen LogP contribution in [0, 0.1) is 11.8 Å². The molecule has 3 N–H and O–H groups in total. The number of thiocarbonyl (C=S) groups is 1. The van der Waals surface area contributed by atoms with Crippen molar-refractivity contribution in [3.05, 3.63) is 29.8 Å². The van der Waals surface area contributed by atoms with Crippen LogP contribution in [-0.2, 0) is 9.63 Å². The quantitative estimate of drug-likeness (QED) is 0.392. The summed E-state index contributed by atoms with van der Waals surface area (Å²) in [5, 5.41) is 7.46. The van der Waals surface area contributed by atoms with Gasteiger partial charge in [0, 0.05) is 6.04 Å². The third-order valence-electron chi connectivity index (χ3n) is 4.93. The maximum atomic E-state index is 11.8. The summed E-state index contributed by atoms with van der Waals surface area (Å²) in [6.07, 6.45) is 5.06. The number of hydrogen-bond acceptors (Lipinski definition) is 5. The van der Waals surface area contributed by atoms with Crippen molar-refractivity contribution in [3.63, 3.8) is 0 Å². The number of hydrazine groups is 1. The summed E-state index contributed by atoms with van der Waals surface area (Å²) in [4.78, 5) is 16.8. The number of amides is 1. The smallest absolute Gasteiger partial charge is 0.279 e. The first-order valence-electron chi connectivity index (χ1n) is 9.14. The number of nitrogens with one attached hydrogen (secondary N) is 3. The standard InChI is InChI=1S/C19H28N4O3S/c1-13-5-4-6-17(14(13)2)21-19(27)23-22-18(24)12-26-20-11-15-7-9-16(25-3)10-8-15/h7-11,13-14,17H,4-6,12H2,1-3H3,(H,22,24)(H2,21,23,27)/b20-11-/t13-,14-,17-/m1/s1. The van der Waals surface area contributed by atoms with Crippen LogP contribution in [-0.4, -0.2) is 37.0 Å². The van der Waals surface area contributed by atoms with E-state index in [1.165, 1.54) is 19.1 Å². The van der Waals surface area contributed by atoms with Gasteiger partial charge in [0.15, 0.2) is 11.7 Å². The van der Waals surface area contributed by atoms with Gasteiger partial charge in [0.1, 0.15) is 5.75 Å². The number of carbonyl (C=O) groups excluding carboxylic acids is 1. The Morgan fingerprint density at radius 3 is 2.70 bits per heavy atom. The van der Waals surface area contributed by atoms with E-state index in [9.17, 15) is 4.79 Å². The van der Waals surface area contributed by atoms with Crippen LogP contribution in [0.3, 0.4) is 0 Å². The molecule has 1 amide bonds. The van der Waals surface area contributed by atoms with Crippen LogP contribution in [0.1, 0.15) is 38.7 Å². The van der Waals surface area contributed by atoms with Gasteiger partial charge in [-0.1, -0.05) is 31.8 Å². The van der Waals surface area contributed by atoms with Crippen LogP contribution in [0.4, 0.5) is 0 Å². The summed E-state index contributed by atoms with van der Waals surface area (Å²) in [6.45, 7) is 4.29. The predicted octanol–water partition coefficient (Wildman–Crippen LogP) is 2.37. The molecular formula is C19H28N4O3S. The summed E-state index contributed by atoms with van der Waals surface area (Å²) < 4.78 is 5.08. The van der Waals surface area contributed by atoms with Crippen LogP contribution >= 0.6 is 12.2 Å². The van der Waals surface area contributed by atoms with Crippen LogP contribution in [0.2, 0.25) is 0 Å². The Morgan fingerprint density at radius 1 is 1.26 bits per heavy atom. The largest absolute Gasteiger partial charge is 0.497 e. The molecule has 0 radical (unpaired) electrons. The van der Waals surface area contributed by atoms with Gasteiger partial charge in [0.05, 0.1) is 13.3 Å². The Balaban J connectivity index is 1.63. The molecule has 7 nitrogen and oxygen atoms in total. The van der Waals surface area contributed by atoms with E-state index in [0.29, 0.717) is 23.0 Å². The van der Waals surface area contributed by atoms with Gasteiger partial charge >= 0.3 is 0 Å². The van der Waals surface area contributed by atoms with Gasteiger partial charge in [-0.05, 0) is 60.3 Å². The van der Waals surface area contributed by atoms with Crippen molar-refractivity contribution >= 4 is 29.5 Å². The maximum absolute atomic E-state index is 11.8. The van der Waals surface area contributed by atoms with Crippen LogP contribution in [0.25, 0.3) is 0 Å². The van der Waals surface area contributed by atoms with Gasteiger partial charge in [0.2, 0.25) is 0 Å². The van der Waals surface area contributed by atoms with E-state index >= 15 is 0 Å². The Morgan fingerprint density at radius 2 is 2.00 bits per heavy atom. The fraction of sp³-hybridized carbons (Fsp3) is 0.526. The molecule has 1 aromatic carbocycles. The molecule has 8 heteroatoms. The lowest BCUT2D eigenvalue weighted by Gasteiger charge is -2.35. The summed E-state index contributed by atoms with van der Waals surface area (Å²) >= 11 is 5.25. The van der Waals surface area contributed by atoms with E-state index in [1.807, 2.05) is 24.3 Å². The molecule has 1 aromatic rings. The van der Waals surface area contributed by atoms with E-state index in [-0.39, 0.29) is 12.5 Å². The van der Waals surface area contributed by atoms with Crippen molar-refractivity contribution in [2.24, 2.45) is 17.0 Å². The summed E-state index contributed by atoms with van der Waals surface area (Å²) in [5.74, 6) is 1.62. The maximum Gasteiger partial charge on any atom is 0.279 e. The third kappa shape index (κ3) is 7.05. The number of benzene rings is 1. The Hall–Kier alpha value is -2.35. The van der Waals surface area contributed by atoms with E-state index in [4.69, 9.17) is 21.8 Å². The van der Waals surface area contributed by atoms with Crippen LogP contribution in [0.15, 0.2) is 29.4 Å². The Kier molecular flexibility index (Phi) is 8.32. The fourth-order valence-corrected chi connectivity index (χ4v) is 3.24. The molecule has 1 aliphatic rings. The molecule has 0 heterocycles. The van der Waals surface area contributed by atoms with Gasteiger partial charge in [-0.2, -0.15) is 0 Å². The molecule has 0 spiro atoms. The highest BCUT2D eigenvalue weighted by atomic mass is 32.1. The number of methoxy groups -OCH3 is 1. The zero-order valence-electron chi connectivity index (χ0n) is 16.0. The minimum absolute atomic E-state index is 0.209. The van der Waals surface area contributed by atoms with E-state index in [2.05, 4.69) is 35.2 Å². The minimum atomic E-state index is -0.365. The van der Waals surface area contributed by atoms with Gasteiger partial charge in [0.25, 0.3) is 5.91 Å². The van der Waals surface area contributed by atoms with Gasteiger partial charge < -0.3 is 14.9 Å². The molecular weight excluding hydrogens is 364 g/mol. The van der Waals surface area contributed by atoms with Gasteiger partial charge in [-0.15, -0.1) is 0 Å². The highest BCUT2D eigenvalue weighted by Gasteiger charge is 2.27. The van der Waals surface area contributed by atoms with Crippen LogP contribution < -0.4 is 20.9 Å². The SMILES string of the molecule is COc1ccc(/C=N\OCC(=O)NNC(=S)N[C@@H]2CCC[C@@H](C)[C@H]2C)cc1. The molecule has 1 fully saturated rings. The summed E-state index contributed by atoms with van der Waals surface area (Å²) in [7, 11) is 1.61. The first-order valence-corrected chi connectivity index (χ1v) is 9.55. The third-order valence-corrected chi connectivity index (χ3v) is 5.15. The first-order chi connectivity index (χ1) is 13.0. The van der Waals surface area contributed by atoms with Crippen LogP contribution in [0.5, 0.6) is 5.75 Å².